The molecule has 0 amide bonds. The van der Waals surface area contributed by atoms with Gasteiger partial charge in [-0.05, 0) is 37.0 Å². The molecule has 1 heteroatoms. The third-order valence-corrected chi connectivity index (χ3v) is 1.99. The maximum Gasteiger partial charge on any atom is 0.0431 e. The lowest BCUT2D eigenvalue weighted by molar-refractivity contribution is 0.818. The van der Waals surface area contributed by atoms with E-state index in [-0.39, 0.29) is 0 Å². The van der Waals surface area contributed by atoms with Crippen LogP contribution >= 0.6 is 0 Å². The van der Waals surface area contributed by atoms with Gasteiger partial charge in [-0.3, -0.25) is 4.98 Å². The summed E-state index contributed by atoms with van der Waals surface area (Å²) in [7, 11) is 0. The van der Waals surface area contributed by atoms with E-state index >= 15 is 0 Å². The van der Waals surface area contributed by atoms with Gasteiger partial charge in [0, 0.05) is 11.9 Å². The first-order valence-corrected chi connectivity index (χ1v) is 5.46. The van der Waals surface area contributed by atoms with Crippen LogP contribution in [-0.4, -0.2) is 4.98 Å². The molecule has 0 aliphatic carbocycles. The molecule has 14 heavy (non-hydrogen) atoms. The van der Waals surface area contributed by atoms with Gasteiger partial charge in [-0.15, -0.1) is 0 Å². The Morgan fingerprint density at radius 2 is 1.64 bits per heavy atom. The molecule has 0 unspecified atom stereocenters. The lowest BCUT2D eigenvalue weighted by Crippen LogP contribution is -1.94. The molecule has 1 rings (SSSR count). The second-order valence-electron chi connectivity index (χ2n) is 4.06. The average molecular weight is 193 g/mol. The van der Waals surface area contributed by atoms with Crippen molar-refractivity contribution in [3.05, 3.63) is 29.1 Å². The van der Waals surface area contributed by atoms with Crippen LogP contribution < -0.4 is 0 Å². The van der Waals surface area contributed by atoms with E-state index < -0.39 is 0 Å². The summed E-state index contributed by atoms with van der Waals surface area (Å²) in [5.74, 6) is 0.536. The van der Waals surface area contributed by atoms with E-state index in [1.807, 2.05) is 6.20 Å². The third kappa shape index (κ3) is 4.40. The van der Waals surface area contributed by atoms with Crippen molar-refractivity contribution < 1.29 is 0 Å². The predicted molar refractivity (Wildman–Crippen MR) is 63.8 cm³/mol. The summed E-state index contributed by atoms with van der Waals surface area (Å²) in [6.45, 7) is 12.8. The fraction of sp³-hybridized carbons (Fsp3) is 0.615. The first-order chi connectivity index (χ1) is 6.52. The van der Waals surface area contributed by atoms with Crippen LogP contribution in [-0.2, 0) is 0 Å². The first kappa shape index (κ1) is 13.2. The van der Waals surface area contributed by atoms with Gasteiger partial charge in [0.25, 0.3) is 0 Å². The van der Waals surface area contributed by atoms with Crippen molar-refractivity contribution in [3.8, 4) is 0 Å². The standard InChI is InChI=1S/C10H15N.C3H8/c1-7(2)10-5-8(3)9(4)6-11-10;1-3-2/h5-7H,1-4H3;3H2,1-2H3. The monoisotopic (exact) mass is 193 g/mol. The first-order valence-electron chi connectivity index (χ1n) is 5.46. The third-order valence-electron chi connectivity index (χ3n) is 1.99. The molecule has 1 aromatic heterocycles. The zero-order valence-corrected chi connectivity index (χ0v) is 10.4. The van der Waals surface area contributed by atoms with Crippen molar-refractivity contribution in [2.75, 3.05) is 0 Å². The maximum atomic E-state index is 4.34. The van der Waals surface area contributed by atoms with Gasteiger partial charge in [0.1, 0.15) is 0 Å². The molecule has 0 aliphatic rings. The SMILES string of the molecule is CCC.Cc1cnc(C(C)C)cc1C. The van der Waals surface area contributed by atoms with E-state index in [2.05, 4.69) is 52.6 Å². The molecule has 80 valence electrons. The molecule has 0 saturated carbocycles. The minimum atomic E-state index is 0.536. The highest BCUT2D eigenvalue weighted by Crippen LogP contribution is 2.14. The summed E-state index contributed by atoms with van der Waals surface area (Å²) in [6, 6.07) is 2.17. The summed E-state index contributed by atoms with van der Waals surface area (Å²) in [6.07, 6.45) is 3.20. The normalized spacial score (nSPS) is 9.64. The second-order valence-corrected chi connectivity index (χ2v) is 4.06. The Morgan fingerprint density at radius 3 is 2.00 bits per heavy atom. The van der Waals surface area contributed by atoms with Gasteiger partial charge in [-0.2, -0.15) is 0 Å². The largest absolute Gasteiger partial charge is 0.261 e. The van der Waals surface area contributed by atoms with Crippen molar-refractivity contribution in [1.82, 2.24) is 4.98 Å². The quantitative estimate of drug-likeness (QED) is 0.650. The lowest BCUT2D eigenvalue weighted by atomic mass is 10.1. The van der Waals surface area contributed by atoms with E-state index in [1.54, 1.807) is 0 Å². The van der Waals surface area contributed by atoms with Crippen LogP contribution in [0.2, 0.25) is 0 Å². The van der Waals surface area contributed by atoms with Gasteiger partial charge in [0.2, 0.25) is 0 Å². The number of aromatic nitrogens is 1. The Hall–Kier alpha value is -0.850. The summed E-state index contributed by atoms with van der Waals surface area (Å²) in [5.41, 5.74) is 3.80. The average Bonchev–Trinajstić information content (AvgIpc) is 2.10. The number of aryl methyl sites for hydroxylation is 2. The second kappa shape index (κ2) is 6.58. The van der Waals surface area contributed by atoms with E-state index in [1.165, 1.54) is 23.2 Å². The van der Waals surface area contributed by atoms with Crippen LogP contribution in [0.3, 0.4) is 0 Å². The molecule has 1 heterocycles. The Morgan fingerprint density at radius 1 is 1.14 bits per heavy atom. The Labute approximate surface area is 88.6 Å². The number of rotatable bonds is 1. The maximum absolute atomic E-state index is 4.34. The van der Waals surface area contributed by atoms with E-state index in [9.17, 15) is 0 Å². The molecule has 0 atom stereocenters. The fourth-order valence-electron chi connectivity index (χ4n) is 0.962. The van der Waals surface area contributed by atoms with Crippen molar-refractivity contribution in [3.63, 3.8) is 0 Å². The molecule has 0 spiro atoms. The van der Waals surface area contributed by atoms with Crippen LogP contribution in [0, 0.1) is 13.8 Å². The molecule has 0 aliphatic heterocycles. The zero-order chi connectivity index (χ0) is 11.1. The van der Waals surface area contributed by atoms with Crippen molar-refractivity contribution in [1.29, 1.82) is 0 Å². The number of pyridine rings is 1. The minimum absolute atomic E-state index is 0.536. The molecule has 1 nitrogen and oxygen atoms in total. The van der Waals surface area contributed by atoms with Crippen molar-refractivity contribution in [2.45, 2.75) is 53.9 Å². The van der Waals surface area contributed by atoms with Crippen LogP contribution in [0.5, 0.6) is 0 Å². The number of nitrogens with zero attached hydrogens (tertiary/aromatic N) is 1. The minimum Gasteiger partial charge on any atom is -0.261 e. The highest BCUT2D eigenvalue weighted by atomic mass is 14.7. The van der Waals surface area contributed by atoms with Gasteiger partial charge in [-0.1, -0.05) is 34.1 Å². The van der Waals surface area contributed by atoms with E-state index in [0.717, 1.165) is 0 Å². The van der Waals surface area contributed by atoms with Gasteiger partial charge < -0.3 is 0 Å². The van der Waals surface area contributed by atoms with Gasteiger partial charge in [0.05, 0.1) is 0 Å². The molecule has 0 aromatic carbocycles. The lowest BCUT2D eigenvalue weighted by Gasteiger charge is -2.06. The van der Waals surface area contributed by atoms with Gasteiger partial charge in [0.15, 0.2) is 0 Å². The summed E-state index contributed by atoms with van der Waals surface area (Å²) in [5, 5.41) is 0. The van der Waals surface area contributed by atoms with Crippen molar-refractivity contribution in [2.24, 2.45) is 0 Å². The fourth-order valence-corrected chi connectivity index (χ4v) is 0.962. The summed E-state index contributed by atoms with van der Waals surface area (Å²) >= 11 is 0. The predicted octanol–water partition coefficient (Wildman–Crippen LogP) is 4.24. The molecule has 1 aromatic rings. The number of hydrogen-bond donors (Lipinski definition) is 0. The van der Waals surface area contributed by atoms with Gasteiger partial charge in [-0.25, -0.2) is 0 Å². The number of hydrogen-bond acceptors (Lipinski definition) is 1. The van der Waals surface area contributed by atoms with E-state index in [4.69, 9.17) is 0 Å². The van der Waals surface area contributed by atoms with Crippen LogP contribution in [0.25, 0.3) is 0 Å². The summed E-state index contributed by atoms with van der Waals surface area (Å²) < 4.78 is 0. The van der Waals surface area contributed by atoms with Crippen LogP contribution in [0.15, 0.2) is 12.3 Å². The zero-order valence-electron chi connectivity index (χ0n) is 10.4. The molecular weight excluding hydrogens is 170 g/mol. The van der Waals surface area contributed by atoms with Gasteiger partial charge >= 0.3 is 0 Å². The highest BCUT2D eigenvalue weighted by Gasteiger charge is 2.00. The Balaban J connectivity index is 0.000000500. The van der Waals surface area contributed by atoms with Crippen LogP contribution in [0.1, 0.15) is 56.9 Å². The van der Waals surface area contributed by atoms with Crippen LogP contribution in [0.4, 0.5) is 0 Å². The molecular formula is C13H23N. The Bertz CT molecular complexity index is 264. The summed E-state index contributed by atoms with van der Waals surface area (Å²) in [4.78, 5) is 4.34. The highest BCUT2D eigenvalue weighted by molar-refractivity contribution is 5.24. The molecule has 0 saturated heterocycles. The smallest absolute Gasteiger partial charge is 0.0431 e. The molecule has 0 radical (unpaired) electrons. The van der Waals surface area contributed by atoms with Crippen molar-refractivity contribution >= 4 is 0 Å². The molecule has 0 N–H and O–H groups in total. The van der Waals surface area contributed by atoms with E-state index in [0.29, 0.717) is 5.92 Å². The Kier molecular flexibility index (Phi) is 6.18. The molecule has 0 bridgehead atoms. The topological polar surface area (TPSA) is 12.9 Å². The molecule has 0 fully saturated rings.